The molecule has 0 amide bonds. The van der Waals surface area contributed by atoms with Gasteiger partial charge in [0.2, 0.25) is 0 Å². The third-order valence-corrected chi connectivity index (χ3v) is 3.84. The molecule has 1 aromatic rings. The average molecular weight is 291 g/mol. The van der Waals surface area contributed by atoms with Gasteiger partial charge in [0.25, 0.3) is 0 Å². The summed E-state index contributed by atoms with van der Waals surface area (Å²) in [6.45, 7) is 0.511. The molecule has 15 heavy (non-hydrogen) atoms. The monoisotopic (exact) mass is 289 g/mol. The standard InChI is InChI=1S/C11H13BrClNO/c1-15-6-8-9(12)4-7(5-10(8)13)11(14)2-3-11/h4-5H,2-3,6,14H2,1H3. The summed E-state index contributed by atoms with van der Waals surface area (Å²) in [5.41, 5.74) is 8.07. The molecule has 1 aliphatic rings. The maximum Gasteiger partial charge on any atom is 0.0738 e. The van der Waals surface area contributed by atoms with E-state index in [0.29, 0.717) is 6.61 Å². The van der Waals surface area contributed by atoms with Gasteiger partial charge in [0.15, 0.2) is 0 Å². The molecule has 2 rings (SSSR count). The number of nitrogens with two attached hydrogens (primary N) is 1. The fourth-order valence-corrected chi connectivity index (χ4v) is 2.56. The van der Waals surface area contributed by atoms with Gasteiger partial charge in [-0.1, -0.05) is 27.5 Å². The van der Waals surface area contributed by atoms with Gasteiger partial charge < -0.3 is 10.5 Å². The minimum Gasteiger partial charge on any atom is -0.380 e. The van der Waals surface area contributed by atoms with Crippen molar-refractivity contribution >= 4 is 27.5 Å². The lowest BCUT2D eigenvalue weighted by Gasteiger charge is -2.13. The normalized spacial score (nSPS) is 17.9. The van der Waals surface area contributed by atoms with E-state index in [9.17, 15) is 0 Å². The molecule has 0 atom stereocenters. The topological polar surface area (TPSA) is 35.2 Å². The summed E-state index contributed by atoms with van der Waals surface area (Å²) < 4.78 is 6.06. The van der Waals surface area contributed by atoms with Gasteiger partial charge >= 0.3 is 0 Å². The first-order chi connectivity index (χ1) is 7.07. The lowest BCUT2D eigenvalue weighted by molar-refractivity contribution is 0.184. The van der Waals surface area contributed by atoms with Crippen LogP contribution < -0.4 is 5.73 Å². The first-order valence-electron chi connectivity index (χ1n) is 4.83. The largest absolute Gasteiger partial charge is 0.380 e. The Bertz CT molecular complexity index is 367. The molecule has 0 aromatic heterocycles. The number of hydrogen-bond acceptors (Lipinski definition) is 2. The van der Waals surface area contributed by atoms with Crippen LogP contribution in [0.15, 0.2) is 16.6 Å². The van der Waals surface area contributed by atoms with Crippen LogP contribution in [0, 0.1) is 0 Å². The Balaban J connectivity index is 2.38. The highest BCUT2D eigenvalue weighted by Crippen LogP contribution is 2.45. The van der Waals surface area contributed by atoms with Crippen molar-refractivity contribution in [2.45, 2.75) is 25.0 Å². The molecule has 0 unspecified atom stereocenters. The van der Waals surface area contributed by atoms with Crippen molar-refractivity contribution in [1.29, 1.82) is 0 Å². The second kappa shape index (κ2) is 4.06. The molecule has 1 aromatic carbocycles. The molecule has 4 heteroatoms. The molecule has 2 N–H and O–H groups in total. The summed E-state index contributed by atoms with van der Waals surface area (Å²) in [6, 6.07) is 4.00. The van der Waals surface area contributed by atoms with E-state index in [1.807, 2.05) is 12.1 Å². The van der Waals surface area contributed by atoms with E-state index < -0.39 is 0 Å². The molecule has 0 radical (unpaired) electrons. The zero-order valence-corrected chi connectivity index (χ0v) is 10.9. The molecule has 0 aliphatic heterocycles. The number of ether oxygens (including phenoxy) is 1. The summed E-state index contributed by atoms with van der Waals surface area (Å²) in [6.07, 6.45) is 2.08. The highest BCUT2D eigenvalue weighted by atomic mass is 79.9. The molecule has 82 valence electrons. The SMILES string of the molecule is COCc1c(Cl)cc(C2(N)CC2)cc1Br. The lowest BCUT2D eigenvalue weighted by atomic mass is 10.0. The Labute approximate surface area is 103 Å². The fourth-order valence-electron chi connectivity index (χ4n) is 1.60. The fraction of sp³-hybridized carbons (Fsp3) is 0.455. The summed E-state index contributed by atoms with van der Waals surface area (Å²) in [7, 11) is 1.65. The van der Waals surface area contributed by atoms with E-state index >= 15 is 0 Å². The van der Waals surface area contributed by atoms with E-state index in [4.69, 9.17) is 22.1 Å². The predicted octanol–water partition coefficient (Wildman–Crippen LogP) is 3.20. The average Bonchev–Trinajstić information content (AvgIpc) is 2.91. The zero-order chi connectivity index (χ0) is 11.1. The third kappa shape index (κ3) is 2.21. The molecule has 1 fully saturated rings. The molecular formula is C11H13BrClNO. The van der Waals surface area contributed by atoms with Crippen LogP contribution in [0.1, 0.15) is 24.0 Å². The summed E-state index contributed by atoms with van der Waals surface area (Å²) in [5, 5.41) is 0.720. The smallest absolute Gasteiger partial charge is 0.0738 e. The minimum absolute atomic E-state index is 0.141. The number of benzene rings is 1. The van der Waals surface area contributed by atoms with E-state index in [0.717, 1.165) is 33.5 Å². The van der Waals surface area contributed by atoms with E-state index in [1.54, 1.807) is 7.11 Å². The molecule has 1 saturated carbocycles. The van der Waals surface area contributed by atoms with Crippen LogP contribution in [0.25, 0.3) is 0 Å². The molecule has 1 aliphatic carbocycles. The predicted molar refractivity (Wildman–Crippen MR) is 65.0 cm³/mol. The van der Waals surface area contributed by atoms with Crippen LogP contribution >= 0.6 is 27.5 Å². The molecule has 0 saturated heterocycles. The second-order valence-electron chi connectivity index (χ2n) is 4.01. The highest BCUT2D eigenvalue weighted by molar-refractivity contribution is 9.10. The Morgan fingerprint density at radius 3 is 2.67 bits per heavy atom. The Hall–Kier alpha value is -0.0900. The molecular weight excluding hydrogens is 277 g/mol. The van der Waals surface area contributed by atoms with Gasteiger partial charge in [-0.15, -0.1) is 0 Å². The maximum absolute atomic E-state index is 6.18. The summed E-state index contributed by atoms with van der Waals surface area (Å²) in [5.74, 6) is 0. The maximum atomic E-state index is 6.18. The highest BCUT2D eigenvalue weighted by Gasteiger charge is 2.40. The van der Waals surface area contributed by atoms with Crippen molar-refractivity contribution in [2.24, 2.45) is 5.73 Å². The molecule has 2 nitrogen and oxygen atoms in total. The van der Waals surface area contributed by atoms with Crippen LogP contribution in [0.4, 0.5) is 0 Å². The van der Waals surface area contributed by atoms with Crippen LogP contribution in [-0.4, -0.2) is 7.11 Å². The van der Waals surface area contributed by atoms with Gasteiger partial charge in [0, 0.05) is 27.7 Å². The van der Waals surface area contributed by atoms with Crippen molar-refractivity contribution in [1.82, 2.24) is 0 Å². The van der Waals surface area contributed by atoms with Gasteiger partial charge in [-0.3, -0.25) is 0 Å². The molecule has 0 heterocycles. The van der Waals surface area contributed by atoms with E-state index in [1.165, 1.54) is 0 Å². The summed E-state index contributed by atoms with van der Waals surface area (Å²) >= 11 is 9.68. The van der Waals surface area contributed by atoms with Crippen LogP contribution in [-0.2, 0) is 16.9 Å². The van der Waals surface area contributed by atoms with Crippen LogP contribution in [0.5, 0.6) is 0 Å². The Morgan fingerprint density at radius 1 is 1.53 bits per heavy atom. The second-order valence-corrected chi connectivity index (χ2v) is 5.27. The van der Waals surface area contributed by atoms with Crippen LogP contribution in [0.2, 0.25) is 5.02 Å². The van der Waals surface area contributed by atoms with Crippen molar-refractivity contribution in [3.05, 3.63) is 32.8 Å². The number of methoxy groups -OCH3 is 1. The lowest BCUT2D eigenvalue weighted by Crippen LogP contribution is -2.18. The van der Waals surface area contributed by atoms with Gasteiger partial charge in [-0.25, -0.2) is 0 Å². The number of halogens is 2. The van der Waals surface area contributed by atoms with Crippen molar-refractivity contribution in [3.8, 4) is 0 Å². The number of hydrogen-bond donors (Lipinski definition) is 1. The molecule has 0 bridgehead atoms. The Kier molecular flexibility index (Phi) is 3.08. The first kappa shape index (κ1) is 11.4. The quantitative estimate of drug-likeness (QED) is 0.928. The zero-order valence-electron chi connectivity index (χ0n) is 8.52. The van der Waals surface area contributed by atoms with E-state index in [2.05, 4.69) is 15.9 Å². The Morgan fingerprint density at radius 2 is 2.20 bits per heavy atom. The summed E-state index contributed by atoms with van der Waals surface area (Å²) in [4.78, 5) is 0. The molecule has 0 spiro atoms. The van der Waals surface area contributed by atoms with Crippen molar-refractivity contribution < 1.29 is 4.74 Å². The van der Waals surface area contributed by atoms with Gasteiger partial charge in [-0.2, -0.15) is 0 Å². The minimum atomic E-state index is -0.141. The van der Waals surface area contributed by atoms with Crippen LogP contribution in [0.3, 0.4) is 0 Å². The number of rotatable bonds is 3. The first-order valence-corrected chi connectivity index (χ1v) is 6.00. The van der Waals surface area contributed by atoms with Gasteiger partial charge in [0.1, 0.15) is 0 Å². The van der Waals surface area contributed by atoms with Gasteiger partial charge in [0.05, 0.1) is 6.61 Å². The van der Waals surface area contributed by atoms with Crippen molar-refractivity contribution in [2.75, 3.05) is 7.11 Å². The third-order valence-electron chi connectivity index (χ3n) is 2.79. The van der Waals surface area contributed by atoms with Crippen molar-refractivity contribution in [3.63, 3.8) is 0 Å². The van der Waals surface area contributed by atoms with E-state index in [-0.39, 0.29) is 5.54 Å². The van der Waals surface area contributed by atoms with Gasteiger partial charge in [-0.05, 0) is 30.5 Å².